The summed E-state index contributed by atoms with van der Waals surface area (Å²) in [5.41, 5.74) is 1.34. The van der Waals surface area contributed by atoms with Gasteiger partial charge >= 0.3 is 0 Å². The van der Waals surface area contributed by atoms with Gasteiger partial charge in [-0.25, -0.2) is 4.39 Å². The summed E-state index contributed by atoms with van der Waals surface area (Å²) >= 11 is 0. The minimum absolute atomic E-state index is 0.0155. The molecule has 2 aromatic rings. The molecule has 5 heteroatoms. The average Bonchev–Trinajstić information content (AvgIpc) is 2.83. The standard InChI is InChI=1S/C16H21FN2O2/c1-4-16(3,5-6-20)19-15(21)14-9-12-10(2)7-11(17)8-13(12)18-14/h7-9,18,20H,4-6H2,1-3H3,(H,19,21). The molecule has 0 aliphatic carbocycles. The van der Waals surface area contributed by atoms with E-state index in [4.69, 9.17) is 5.11 Å². The summed E-state index contributed by atoms with van der Waals surface area (Å²) < 4.78 is 13.4. The normalized spacial score (nSPS) is 14.1. The molecule has 1 aromatic heterocycles. The Kier molecular flexibility index (Phi) is 4.32. The maximum Gasteiger partial charge on any atom is 0.268 e. The van der Waals surface area contributed by atoms with Gasteiger partial charge in [0.1, 0.15) is 11.5 Å². The summed E-state index contributed by atoms with van der Waals surface area (Å²) in [6, 6.07) is 4.56. The Balaban J connectivity index is 2.29. The van der Waals surface area contributed by atoms with Crippen LogP contribution in [0.3, 0.4) is 0 Å². The Labute approximate surface area is 123 Å². The molecular weight excluding hydrogens is 271 g/mol. The molecule has 21 heavy (non-hydrogen) atoms. The smallest absolute Gasteiger partial charge is 0.268 e. The van der Waals surface area contributed by atoms with Gasteiger partial charge in [-0.05, 0) is 50.5 Å². The molecule has 1 amide bonds. The zero-order valence-electron chi connectivity index (χ0n) is 12.6. The predicted octanol–water partition coefficient (Wildman–Crippen LogP) is 2.90. The second kappa shape index (κ2) is 5.85. The molecule has 1 unspecified atom stereocenters. The number of aryl methyl sites for hydroxylation is 1. The van der Waals surface area contributed by atoms with Crippen LogP contribution in [0.2, 0.25) is 0 Å². The summed E-state index contributed by atoms with van der Waals surface area (Å²) in [4.78, 5) is 15.3. The van der Waals surface area contributed by atoms with Crippen LogP contribution in [0.4, 0.5) is 4.39 Å². The van der Waals surface area contributed by atoms with E-state index >= 15 is 0 Å². The molecule has 0 bridgehead atoms. The number of hydrogen-bond acceptors (Lipinski definition) is 2. The summed E-state index contributed by atoms with van der Waals surface area (Å²) in [6.07, 6.45) is 1.20. The molecule has 4 nitrogen and oxygen atoms in total. The number of aromatic amines is 1. The highest BCUT2D eigenvalue weighted by Crippen LogP contribution is 2.22. The summed E-state index contributed by atoms with van der Waals surface area (Å²) in [5.74, 6) is -0.573. The van der Waals surface area contributed by atoms with Gasteiger partial charge in [0, 0.05) is 23.0 Å². The van der Waals surface area contributed by atoms with Crippen molar-refractivity contribution in [3.05, 3.63) is 35.3 Å². The van der Waals surface area contributed by atoms with Gasteiger partial charge in [-0.3, -0.25) is 4.79 Å². The van der Waals surface area contributed by atoms with Crippen LogP contribution in [-0.2, 0) is 0 Å². The maximum atomic E-state index is 13.4. The highest BCUT2D eigenvalue weighted by Gasteiger charge is 2.25. The van der Waals surface area contributed by atoms with Gasteiger partial charge in [0.15, 0.2) is 0 Å². The Hall–Kier alpha value is -1.88. The van der Waals surface area contributed by atoms with E-state index in [1.165, 1.54) is 12.1 Å². The highest BCUT2D eigenvalue weighted by atomic mass is 19.1. The van der Waals surface area contributed by atoms with Gasteiger partial charge in [-0.1, -0.05) is 6.92 Å². The Morgan fingerprint density at radius 3 is 2.76 bits per heavy atom. The predicted molar refractivity (Wildman–Crippen MR) is 80.9 cm³/mol. The second-order valence-electron chi connectivity index (χ2n) is 5.71. The number of H-pyrrole nitrogens is 1. The van der Waals surface area contributed by atoms with E-state index in [-0.39, 0.29) is 18.3 Å². The number of benzene rings is 1. The molecule has 0 saturated carbocycles. The van der Waals surface area contributed by atoms with Gasteiger partial charge in [-0.15, -0.1) is 0 Å². The lowest BCUT2D eigenvalue weighted by molar-refractivity contribution is 0.0882. The zero-order valence-corrected chi connectivity index (χ0v) is 12.6. The fourth-order valence-corrected chi connectivity index (χ4v) is 2.41. The minimum atomic E-state index is -0.455. The van der Waals surface area contributed by atoms with Gasteiger partial charge in [0.2, 0.25) is 0 Å². The van der Waals surface area contributed by atoms with E-state index in [1.54, 1.807) is 6.07 Å². The average molecular weight is 292 g/mol. The second-order valence-corrected chi connectivity index (χ2v) is 5.71. The van der Waals surface area contributed by atoms with Crippen molar-refractivity contribution >= 4 is 16.8 Å². The number of amides is 1. The van der Waals surface area contributed by atoms with E-state index < -0.39 is 5.54 Å². The van der Waals surface area contributed by atoms with Crippen LogP contribution in [-0.4, -0.2) is 28.1 Å². The number of carbonyl (C=O) groups excluding carboxylic acids is 1. The first-order chi connectivity index (χ1) is 9.88. The highest BCUT2D eigenvalue weighted by molar-refractivity contribution is 5.99. The molecule has 0 saturated heterocycles. The van der Waals surface area contributed by atoms with Gasteiger partial charge in [0.25, 0.3) is 5.91 Å². The monoisotopic (exact) mass is 292 g/mol. The number of rotatable bonds is 5. The Bertz CT molecular complexity index is 666. The molecule has 0 aliphatic rings. The van der Waals surface area contributed by atoms with Crippen molar-refractivity contribution in [1.82, 2.24) is 10.3 Å². The van der Waals surface area contributed by atoms with Crippen molar-refractivity contribution in [3.8, 4) is 0 Å². The number of aliphatic hydroxyl groups is 1. The maximum absolute atomic E-state index is 13.4. The number of hydrogen-bond donors (Lipinski definition) is 3. The quantitative estimate of drug-likeness (QED) is 0.793. The van der Waals surface area contributed by atoms with Crippen molar-refractivity contribution in [3.63, 3.8) is 0 Å². The SMILES string of the molecule is CCC(C)(CCO)NC(=O)c1cc2c(C)cc(F)cc2[nH]1. The van der Waals surface area contributed by atoms with Crippen LogP contribution < -0.4 is 5.32 Å². The van der Waals surface area contributed by atoms with Crippen LogP contribution in [0.15, 0.2) is 18.2 Å². The van der Waals surface area contributed by atoms with Gasteiger partial charge < -0.3 is 15.4 Å². The molecular formula is C16H21FN2O2. The lowest BCUT2D eigenvalue weighted by atomic mass is 9.95. The van der Waals surface area contributed by atoms with Crippen molar-refractivity contribution in [1.29, 1.82) is 0 Å². The third-order valence-corrected chi connectivity index (χ3v) is 4.01. The van der Waals surface area contributed by atoms with E-state index in [2.05, 4.69) is 10.3 Å². The Morgan fingerprint density at radius 2 is 2.14 bits per heavy atom. The number of carbonyl (C=O) groups is 1. The molecule has 3 N–H and O–H groups in total. The first-order valence-electron chi connectivity index (χ1n) is 7.11. The van der Waals surface area contributed by atoms with Crippen LogP contribution >= 0.6 is 0 Å². The van der Waals surface area contributed by atoms with Crippen molar-refractivity contribution in [2.45, 2.75) is 39.2 Å². The third kappa shape index (κ3) is 3.24. The molecule has 0 spiro atoms. The van der Waals surface area contributed by atoms with Crippen LogP contribution in [0.25, 0.3) is 10.9 Å². The lowest BCUT2D eigenvalue weighted by Gasteiger charge is -2.28. The van der Waals surface area contributed by atoms with E-state index in [1.807, 2.05) is 20.8 Å². The fourth-order valence-electron chi connectivity index (χ4n) is 2.41. The number of nitrogens with one attached hydrogen (secondary N) is 2. The van der Waals surface area contributed by atoms with E-state index in [9.17, 15) is 9.18 Å². The van der Waals surface area contributed by atoms with Crippen LogP contribution in [0, 0.1) is 12.7 Å². The number of aliphatic hydroxyl groups excluding tert-OH is 1. The topological polar surface area (TPSA) is 65.1 Å². The van der Waals surface area contributed by atoms with Crippen LogP contribution in [0.5, 0.6) is 0 Å². The van der Waals surface area contributed by atoms with E-state index in [0.717, 1.165) is 10.9 Å². The number of aromatic nitrogens is 1. The van der Waals surface area contributed by atoms with Crippen LogP contribution in [0.1, 0.15) is 42.7 Å². The first-order valence-corrected chi connectivity index (χ1v) is 7.11. The molecule has 0 radical (unpaired) electrons. The summed E-state index contributed by atoms with van der Waals surface area (Å²) in [6.45, 7) is 5.68. The molecule has 0 fully saturated rings. The fraction of sp³-hybridized carbons (Fsp3) is 0.438. The third-order valence-electron chi connectivity index (χ3n) is 4.01. The van der Waals surface area contributed by atoms with E-state index in [0.29, 0.717) is 24.1 Å². The number of halogens is 1. The minimum Gasteiger partial charge on any atom is -0.396 e. The zero-order chi connectivity index (χ0) is 15.6. The first kappa shape index (κ1) is 15.5. The molecule has 1 aromatic carbocycles. The Morgan fingerprint density at radius 1 is 1.43 bits per heavy atom. The van der Waals surface area contributed by atoms with Crippen molar-refractivity contribution in [2.75, 3.05) is 6.61 Å². The largest absolute Gasteiger partial charge is 0.396 e. The summed E-state index contributed by atoms with van der Waals surface area (Å²) in [5, 5.41) is 12.9. The molecule has 1 heterocycles. The van der Waals surface area contributed by atoms with Gasteiger partial charge in [0.05, 0.1) is 0 Å². The molecule has 114 valence electrons. The summed E-state index contributed by atoms with van der Waals surface area (Å²) in [7, 11) is 0. The number of fused-ring (bicyclic) bond motifs is 1. The lowest BCUT2D eigenvalue weighted by Crippen LogP contribution is -2.46. The molecule has 2 rings (SSSR count). The van der Waals surface area contributed by atoms with Crippen molar-refractivity contribution < 1.29 is 14.3 Å². The molecule has 1 atom stereocenters. The molecule has 0 aliphatic heterocycles. The van der Waals surface area contributed by atoms with Crippen molar-refractivity contribution in [2.24, 2.45) is 0 Å². The van der Waals surface area contributed by atoms with Gasteiger partial charge in [-0.2, -0.15) is 0 Å².